The Labute approximate surface area is 151 Å². The Morgan fingerprint density at radius 2 is 2.04 bits per heavy atom. The molecule has 1 N–H and O–H groups in total. The third kappa shape index (κ3) is 3.17. The van der Waals surface area contributed by atoms with Gasteiger partial charge in [-0.25, -0.2) is 4.98 Å². The van der Waals surface area contributed by atoms with Gasteiger partial charge < -0.3 is 14.6 Å². The van der Waals surface area contributed by atoms with Crippen LogP contribution in [0.25, 0.3) is 5.69 Å². The number of amides is 1. The second-order valence-electron chi connectivity index (χ2n) is 5.86. The Balaban J connectivity index is 2.01. The zero-order chi connectivity index (χ0) is 18.7. The normalized spacial score (nSPS) is 10.4. The molecule has 1 amide bonds. The molecular formula is C19H19N5O2. The maximum atomic E-state index is 12.5. The molecule has 26 heavy (non-hydrogen) atoms. The molecule has 0 aliphatic heterocycles. The van der Waals surface area contributed by atoms with E-state index in [1.165, 1.54) is 0 Å². The van der Waals surface area contributed by atoms with Gasteiger partial charge in [-0.3, -0.25) is 9.36 Å². The summed E-state index contributed by atoms with van der Waals surface area (Å²) in [4.78, 5) is 16.4. The van der Waals surface area contributed by atoms with Gasteiger partial charge in [-0.05, 0) is 43.7 Å². The minimum Gasteiger partial charge on any atom is -0.497 e. The molecular weight excluding hydrogens is 330 g/mol. The molecule has 2 heterocycles. The molecule has 0 fully saturated rings. The first-order valence-electron chi connectivity index (χ1n) is 8.07. The summed E-state index contributed by atoms with van der Waals surface area (Å²) in [5.74, 6) is 0.978. The van der Waals surface area contributed by atoms with Gasteiger partial charge in [-0.1, -0.05) is 0 Å². The third-order valence-electron chi connectivity index (χ3n) is 4.30. The fourth-order valence-corrected chi connectivity index (χ4v) is 2.83. The Morgan fingerprint density at radius 1 is 1.31 bits per heavy atom. The number of rotatable bonds is 5. The van der Waals surface area contributed by atoms with Crippen molar-refractivity contribution in [2.75, 3.05) is 12.4 Å². The van der Waals surface area contributed by atoms with Gasteiger partial charge in [0.05, 0.1) is 19.0 Å². The van der Waals surface area contributed by atoms with Crippen molar-refractivity contribution in [1.29, 1.82) is 5.26 Å². The molecule has 0 spiro atoms. The number of hydrogen-bond acceptors (Lipinski definition) is 4. The third-order valence-corrected chi connectivity index (χ3v) is 4.30. The highest BCUT2D eigenvalue weighted by Crippen LogP contribution is 2.30. The van der Waals surface area contributed by atoms with Gasteiger partial charge in [0.15, 0.2) is 0 Å². The second-order valence-corrected chi connectivity index (χ2v) is 5.86. The van der Waals surface area contributed by atoms with E-state index in [9.17, 15) is 10.1 Å². The maximum absolute atomic E-state index is 12.5. The number of hydrogen-bond donors (Lipinski definition) is 1. The lowest BCUT2D eigenvalue weighted by atomic mass is 10.2. The first kappa shape index (κ1) is 17.3. The van der Waals surface area contributed by atoms with Crippen LogP contribution in [0.3, 0.4) is 0 Å². The molecule has 0 bridgehead atoms. The van der Waals surface area contributed by atoms with Gasteiger partial charge in [0.25, 0.3) is 0 Å². The van der Waals surface area contributed by atoms with E-state index in [0.717, 1.165) is 22.7 Å². The zero-order valence-corrected chi connectivity index (χ0v) is 14.9. The highest BCUT2D eigenvalue weighted by molar-refractivity contribution is 5.92. The number of aromatic nitrogens is 3. The average Bonchev–Trinajstić information content (AvgIpc) is 3.22. The fraction of sp³-hybridized carbons (Fsp3) is 0.211. The maximum Gasteiger partial charge on any atom is 0.245 e. The van der Waals surface area contributed by atoms with Crippen LogP contribution in [-0.2, 0) is 11.3 Å². The number of imidazole rings is 1. The van der Waals surface area contributed by atoms with Crippen LogP contribution >= 0.6 is 0 Å². The molecule has 0 atom stereocenters. The van der Waals surface area contributed by atoms with E-state index < -0.39 is 0 Å². The molecule has 7 nitrogen and oxygen atoms in total. The van der Waals surface area contributed by atoms with Crippen LogP contribution in [-0.4, -0.2) is 27.1 Å². The number of nitriles is 1. The standard InChI is InChI=1S/C19H19N5O2/c1-13-14(2)24(15-4-6-16(26-3)7-5-15)19(17(13)10-20)22-18(25)11-23-9-8-21-12-23/h4-9,12H,11H2,1-3H3,(H,22,25). The predicted molar refractivity (Wildman–Crippen MR) is 97.4 cm³/mol. The van der Waals surface area contributed by atoms with Crippen LogP contribution in [0.2, 0.25) is 0 Å². The Hall–Kier alpha value is -3.53. The second kappa shape index (κ2) is 7.15. The lowest BCUT2D eigenvalue weighted by Gasteiger charge is -2.14. The van der Waals surface area contributed by atoms with E-state index in [4.69, 9.17) is 4.74 Å². The van der Waals surface area contributed by atoms with Crippen molar-refractivity contribution in [3.05, 3.63) is 59.8 Å². The van der Waals surface area contributed by atoms with Gasteiger partial charge in [0, 0.05) is 23.8 Å². The van der Waals surface area contributed by atoms with Crippen LogP contribution in [0.5, 0.6) is 5.75 Å². The largest absolute Gasteiger partial charge is 0.497 e. The van der Waals surface area contributed by atoms with Crippen LogP contribution in [0.4, 0.5) is 5.82 Å². The summed E-state index contributed by atoms with van der Waals surface area (Å²) >= 11 is 0. The lowest BCUT2D eigenvalue weighted by molar-refractivity contribution is -0.116. The van der Waals surface area contributed by atoms with Crippen LogP contribution in [0.1, 0.15) is 16.8 Å². The smallest absolute Gasteiger partial charge is 0.245 e. The van der Waals surface area contributed by atoms with E-state index in [1.807, 2.05) is 42.7 Å². The summed E-state index contributed by atoms with van der Waals surface area (Å²) in [7, 11) is 1.61. The number of benzene rings is 1. The predicted octanol–water partition coefficient (Wildman–Crippen LogP) is 2.81. The first-order chi connectivity index (χ1) is 12.5. The molecule has 0 radical (unpaired) electrons. The summed E-state index contributed by atoms with van der Waals surface area (Å²) in [6.07, 6.45) is 4.90. The highest BCUT2D eigenvalue weighted by Gasteiger charge is 2.20. The van der Waals surface area contributed by atoms with Gasteiger partial charge in [0.1, 0.15) is 24.2 Å². The average molecular weight is 349 g/mol. The number of nitrogens with one attached hydrogen (secondary N) is 1. The van der Waals surface area contributed by atoms with Crippen molar-refractivity contribution in [2.24, 2.45) is 0 Å². The number of ether oxygens (including phenoxy) is 1. The highest BCUT2D eigenvalue weighted by atomic mass is 16.5. The van der Waals surface area contributed by atoms with E-state index >= 15 is 0 Å². The number of anilines is 1. The van der Waals surface area contributed by atoms with Crippen molar-refractivity contribution >= 4 is 11.7 Å². The minimum absolute atomic E-state index is 0.122. The summed E-state index contributed by atoms with van der Waals surface area (Å²) in [5, 5.41) is 12.5. The molecule has 3 aromatic rings. The van der Waals surface area contributed by atoms with E-state index in [2.05, 4.69) is 16.4 Å². The molecule has 3 rings (SSSR count). The first-order valence-corrected chi connectivity index (χ1v) is 8.07. The summed E-state index contributed by atoms with van der Waals surface area (Å²) in [6.45, 7) is 3.92. The van der Waals surface area contributed by atoms with Gasteiger partial charge in [-0.15, -0.1) is 0 Å². The van der Waals surface area contributed by atoms with Crippen LogP contribution in [0.15, 0.2) is 43.0 Å². The number of methoxy groups -OCH3 is 1. The summed E-state index contributed by atoms with van der Waals surface area (Å²) < 4.78 is 8.74. The minimum atomic E-state index is -0.230. The van der Waals surface area contributed by atoms with Gasteiger partial charge in [0.2, 0.25) is 5.91 Å². The number of carbonyl (C=O) groups excluding carboxylic acids is 1. The topological polar surface area (TPSA) is 84.9 Å². The molecule has 0 aliphatic carbocycles. The zero-order valence-electron chi connectivity index (χ0n) is 14.9. The van der Waals surface area contributed by atoms with Crippen molar-refractivity contribution in [3.8, 4) is 17.5 Å². The van der Waals surface area contributed by atoms with Crippen molar-refractivity contribution in [1.82, 2.24) is 14.1 Å². The lowest BCUT2D eigenvalue weighted by Crippen LogP contribution is -2.20. The Morgan fingerprint density at radius 3 is 2.62 bits per heavy atom. The van der Waals surface area contributed by atoms with E-state index in [1.54, 1.807) is 30.4 Å². The molecule has 132 valence electrons. The summed E-state index contributed by atoms with van der Waals surface area (Å²) in [5.41, 5.74) is 3.02. The molecule has 1 aromatic carbocycles. The number of nitrogens with zero attached hydrogens (tertiary/aromatic N) is 4. The molecule has 0 saturated heterocycles. The fourth-order valence-electron chi connectivity index (χ4n) is 2.83. The van der Waals surface area contributed by atoms with Crippen LogP contribution < -0.4 is 10.1 Å². The molecule has 2 aromatic heterocycles. The van der Waals surface area contributed by atoms with Crippen molar-refractivity contribution in [2.45, 2.75) is 20.4 Å². The molecule has 7 heteroatoms. The molecule has 0 aliphatic rings. The SMILES string of the molecule is COc1ccc(-n2c(C)c(C)c(C#N)c2NC(=O)Cn2ccnc2)cc1. The quantitative estimate of drug-likeness (QED) is 0.767. The van der Waals surface area contributed by atoms with Crippen molar-refractivity contribution in [3.63, 3.8) is 0 Å². The molecule has 0 unspecified atom stereocenters. The Kier molecular flexibility index (Phi) is 4.76. The van der Waals surface area contributed by atoms with Gasteiger partial charge >= 0.3 is 0 Å². The monoisotopic (exact) mass is 349 g/mol. The van der Waals surface area contributed by atoms with Gasteiger partial charge in [-0.2, -0.15) is 5.26 Å². The number of carbonyl (C=O) groups is 1. The van der Waals surface area contributed by atoms with Crippen LogP contribution in [0, 0.1) is 25.2 Å². The van der Waals surface area contributed by atoms with Crippen molar-refractivity contribution < 1.29 is 9.53 Å². The molecule has 0 saturated carbocycles. The summed E-state index contributed by atoms with van der Waals surface area (Å²) in [6, 6.07) is 9.66. The van der Waals surface area contributed by atoms with E-state index in [0.29, 0.717) is 11.4 Å². The van der Waals surface area contributed by atoms with E-state index in [-0.39, 0.29) is 12.5 Å². The Bertz CT molecular complexity index is 963.